The Morgan fingerprint density at radius 3 is 2.23 bits per heavy atom. The molecule has 0 saturated heterocycles. The number of rotatable bonds is 6. The summed E-state index contributed by atoms with van der Waals surface area (Å²) in [4.78, 5) is 7.37. The number of aromatic nitrogens is 1. The maximum atomic E-state index is 5.32. The van der Waals surface area contributed by atoms with Crippen LogP contribution in [0.15, 0.2) is 83.5 Å². The van der Waals surface area contributed by atoms with Crippen LogP contribution < -0.4 is 14.2 Å². The Bertz CT molecular complexity index is 1090. The summed E-state index contributed by atoms with van der Waals surface area (Å²) in [7, 11) is 1.69. The van der Waals surface area contributed by atoms with Crippen LogP contribution >= 0.6 is 0 Å². The second-order valence-electron chi connectivity index (χ2n) is 7.31. The van der Waals surface area contributed by atoms with Gasteiger partial charge in [-0.05, 0) is 75.4 Å². The lowest BCUT2D eigenvalue weighted by Gasteiger charge is -2.20. The van der Waals surface area contributed by atoms with E-state index in [1.807, 2.05) is 12.1 Å². The SMILES string of the molecule is CCN(CC)c1ccc(N=C2C(C)=C(c3ccc(OC)cc3)[n+]3ccccc32)cc1. The van der Waals surface area contributed by atoms with E-state index in [0.29, 0.717) is 0 Å². The molecule has 1 aliphatic heterocycles. The van der Waals surface area contributed by atoms with Crippen LogP contribution in [0.1, 0.15) is 32.0 Å². The van der Waals surface area contributed by atoms with E-state index in [1.165, 1.54) is 11.3 Å². The Kier molecular flexibility index (Phi) is 5.66. The van der Waals surface area contributed by atoms with Gasteiger partial charge in [-0.2, -0.15) is 4.57 Å². The van der Waals surface area contributed by atoms with Crippen molar-refractivity contribution in [2.75, 3.05) is 25.1 Å². The zero-order chi connectivity index (χ0) is 21.1. The molecular formula is C26H28N3O+. The molecule has 0 atom stereocenters. The van der Waals surface area contributed by atoms with Crippen LogP contribution in [0.4, 0.5) is 11.4 Å². The van der Waals surface area contributed by atoms with Gasteiger partial charge in [0, 0.05) is 36.5 Å². The van der Waals surface area contributed by atoms with Gasteiger partial charge in [0.2, 0.25) is 11.4 Å². The van der Waals surface area contributed by atoms with E-state index in [2.05, 4.69) is 91.0 Å². The molecule has 1 aromatic heterocycles. The third-order valence-electron chi connectivity index (χ3n) is 5.64. The second-order valence-corrected chi connectivity index (χ2v) is 7.31. The molecular weight excluding hydrogens is 370 g/mol. The van der Waals surface area contributed by atoms with Crippen LogP contribution in [-0.4, -0.2) is 25.9 Å². The first kappa shape index (κ1) is 19.9. The Labute approximate surface area is 178 Å². The lowest BCUT2D eigenvalue weighted by Crippen LogP contribution is -2.34. The molecule has 0 N–H and O–H groups in total. The Hall–Kier alpha value is -3.40. The molecule has 152 valence electrons. The molecule has 0 aliphatic carbocycles. The lowest BCUT2D eigenvalue weighted by atomic mass is 10.1. The summed E-state index contributed by atoms with van der Waals surface area (Å²) in [5, 5.41) is 0. The van der Waals surface area contributed by atoms with E-state index in [0.717, 1.165) is 47.2 Å². The van der Waals surface area contributed by atoms with Gasteiger partial charge in [-0.15, -0.1) is 0 Å². The number of anilines is 1. The highest BCUT2D eigenvalue weighted by molar-refractivity contribution is 6.16. The molecule has 0 unspecified atom stereocenters. The summed E-state index contributed by atoms with van der Waals surface area (Å²) < 4.78 is 7.54. The van der Waals surface area contributed by atoms with Crippen molar-refractivity contribution in [3.63, 3.8) is 0 Å². The molecule has 0 fully saturated rings. The number of pyridine rings is 1. The summed E-state index contributed by atoms with van der Waals surface area (Å²) in [5.74, 6) is 0.857. The number of methoxy groups -OCH3 is 1. The molecule has 1 aliphatic rings. The van der Waals surface area contributed by atoms with E-state index in [-0.39, 0.29) is 0 Å². The zero-order valence-corrected chi connectivity index (χ0v) is 18.1. The molecule has 0 bridgehead atoms. The van der Waals surface area contributed by atoms with Crippen LogP contribution in [0.25, 0.3) is 5.70 Å². The van der Waals surface area contributed by atoms with Crippen LogP contribution in [0.3, 0.4) is 0 Å². The highest BCUT2D eigenvalue weighted by Crippen LogP contribution is 2.29. The summed E-state index contributed by atoms with van der Waals surface area (Å²) in [6, 6.07) is 23.0. The molecule has 30 heavy (non-hydrogen) atoms. The van der Waals surface area contributed by atoms with E-state index in [4.69, 9.17) is 9.73 Å². The van der Waals surface area contributed by atoms with Crippen LogP contribution in [0, 0.1) is 0 Å². The van der Waals surface area contributed by atoms with Crippen molar-refractivity contribution in [3.05, 3.63) is 89.8 Å². The Morgan fingerprint density at radius 2 is 1.60 bits per heavy atom. The molecule has 0 amide bonds. The fourth-order valence-electron chi connectivity index (χ4n) is 4.02. The molecule has 4 rings (SSSR count). The average Bonchev–Trinajstić information content (AvgIpc) is 3.07. The monoisotopic (exact) mass is 398 g/mol. The van der Waals surface area contributed by atoms with Gasteiger partial charge in [-0.25, -0.2) is 4.99 Å². The van der Waals surface area contributed by atoms with Crippen molar-refractivity contribution in [2.45, 2.75) is 20.8 Å². The maximum absolute atomic E-state index is 5.32. The summed E-state index contributed by atoms with van der Waals surface area (Å²) in [6.07, 6.45) is 2.10. The molecule has 0 radical (unpaired) electrons. The normalized spacial score (nSPS) is 14.2. The highest BCUT2D eigenvalue weighted by Gasteiger charge is 2.34. The molecule has 4 heteroatoms. The van der Waals surface area contributed by atoms with Gasteiger partial charge in [0.05, 0.1) is 18.4 Å². The van der Waals surface area contributed by atoms with E-state index >= 15 is 0 Å². The smallest absolute Gasteiger partial charge is 0.237 e. The van der Waals surface area contributed by atoms with Crippen LogP contribution in [0.2, 0.25) is 0 Å². The molecule has 2 aromatic carbocycles. The number of hydrogen-bond acceptors (Lipinski definition) is 3. The van der Waals surface area contributed by atoms with Gasteiger partial charge in [0.1, 0.15) is 11.5 Å². The van der Waals surface area contributed by atoms with Gasteiger partial charge in [-0.1, -0.05) is 0 Å². The molecule has 0 spiro atoms. The largest absolute Gasteiger partial charge is 0.497 e. The van der Waals surface area contributed by atoms with Crippen molar-refractivity contribution in [3.8, 4) is 5.75 Å². The van der Waals surface area contributed by atoms with Gasteiger partial charge in [0.15, 0.2) is 6.20 Å². The fraction of sp³-hybridized carbons (Fsp3) is 0.231. The predicted octanol–water partition coefficient (Wildman–Crippen LogP) is 5.24. The Morgan fingerprint density at radius 1 is 0.900 bits per heavy atom. The first-order valence-electron chi connectivity index (χ1n) is 10.5. The number of nitrogens with zero attached hydrogens (tertiary/aromatic N) is 3. The summed E-state index contributed by atoms with van der Waals surface area (Å²) in [6.45, 7) is 8.51. The van der Waals surface area contributed by atoms with E-state index in [1.54, 1.807) is 7.11 Å². The maximum Gasteiger partial charge on any atom is 0.237 e. The number of allylic oxidation sites excluding steroid dienone is 1. The summed E-state index contributed by atoms with van der Waals surface area (Å²) in [5.41, 5.74) is 7.78. The molecule has 0 saturated carbocycles. The quantitative estimate of drug-likeness (QED) is 0.531. The third kappa shape index (κ3) is 3.61. The zero-order valence-electron chi connectivity index (χ0n) is 18.1. The minimum absolute atomic E-state index is 0.857. The van der Waals surface area contributed by atoms with E-state index < -0.39 is 0 Å². The van der Waals surface area contributed by atoms with Crippen LogP contribution in [0.5, 0.6) is 5.75 Å². The number of ether oxygens (including phenoxy) is 1. The number of benzene rings is 2. The van der Waals surface area contributed by atoms with Gasteiger partial charge in [0.25, 0.3) is 0 Å². The minimum atomic E-state index is 0.857. The number of fused-ring (bicyclic) bond motifs is 1. The fourth-order valence-corrected chi connectivity index (χ4v) is 4.02. The van der Waals surface area contributed by atoms with Crippen molar-refractivity contribution in [2.24, 2.45) is 4.99 Å². The predicted molar refractivity (Wildman–Crippen MR) is 124 cm³/mol. The van der Waals surface area contributed by atoms with Crippen molar-refractivity contribution >= 4 is 22.8 Å². The van der Waals surface area contributed by atoms with Crippen molar-refractivity contribution in [1.82, 2.24) is 0 Å². The van der Waals surface area contributed by atoms with Gasteiger partial charge in [-0.3, -0.25) is 0 Å². The average molecular weight is 399 g/mol. The number of aliphatic imine (C=N–C) groups is 1. The first-order valence-corrected chi connectivity index (χ1v) is 10.5. The standard InChI is InChI=1S/C26H28N3O/c1-5-28(6-2)22-14-12-21(13-15-22)27-25-19(3)26(29-18-8-7-9-24(25)29)20-10-16-23(30-4)17-11-20/h7-18H,5-6H2,1-4H3/q+1. The molecule has 3 aromatic rings. The highest BCUT2D eigenvalue weighted by atomic mass is 16.5. The lowest BCUT2D eigenvalue weighted by molar-refractivity contribution is -0.577. The van der Waals surface area contributed by atoms with Gasteiger partial charge >= 0.3 is 0 Å². The number of hydrogen-bond donors (Lipinski definition) is 0. The second kappa shape index (κ2) is 8.54. The van der Waals surface area contributed by atoms with Crippen molar-refractivity contribution < 1.29 is 9.30 Å². The Balaban J connectivity index is 1.76. The summed E-state index contributed by atoms with van der Waals surface area (Å²) >= 11 is 0. The minimum Gasteiger partial charge on any atom is -0.497 e. The van der Waals surface area contributed by atoms with Crippen molar-refractivity contribution in [1.29, 1.82) is 0 Å². The van der Waals surface area contributed by atoms with Gasteiger partial charge < -0.3 is 9.64 Å². The van der Waals surface area contributed by atoms with Crippen LogP contribution in [-0.2, 0) is 0 Å². The van der Waals surface area contributed by atoms with E-state index in [9.17, 15) is 0 Å². The topological polar surface area (TPSA) is 28.7 Å². The molecule has 2 heterocycles. The third-order valence-corrected chi connectivity index (χ3v) is 5.64. The molecule has 4 nitrogen and oxygen atoms in total. The first-order chi connectivity index (χ1) is 14.7.